The van der Waals surface area contributed by atoms with Crippen molar-refractivity contribution in [1.82, 2.24) is 10.1 Å². The molecule has 6 heteroatoms. The molecule has 4 aromatic rings. The monoisotopic (exact) mass is 390 g/mol. The Balaban J connectivity index is 1.54. The first-order chi connectivity index (χ1) is 14.1. The van der Waals surface area contributed by atoms with Crippen molar-refractivity contribution in [3.05, 3.63) is 83.7 Å². The zero-order valence-electron chi connectivity index (χ0n) is 16.1. The average Bonchev–Trinajstić information content (AvgIpc) is 3.23. The van der Waals surface area contributed by atoms with Crippen LogP contribution < -0.4 is 9.47 Å². The fraction of sp³-hybridized carbons (Fsp3) is 0.130. The summed E-state index contributed by atoms with van der Waals surface area (Å²) in [6, 6.07) is 19.6. The summed E-state index contributed by atoms with van der Waals surface area (Å²) in [7, 11) is 1.58. The minimum absolute atomic E-state index is 0.248. The Labute approximate surface area is 167 Å². The molecule has 0 unspecified atom stereocenters. The molecule has 1 aromatic heterocycles. The smallest absolute Gasteiger partial charge is 0.258 e. The van der Waals surface area contributed by atoms with Crippen molar-refractivity contribution in [2.75, 3.05) is 7.11 Å². The van der Waals surface area contributed by atoms with Crippen molar-refractivity contribution in [1.29, 1.82) is 0 Å². The van der Waals surface area contributed by atoms with Gasteiger partial charge in [-0.15, -0.1) is 0 Å². The Kier molecular flexibility index (Phi) is 5.24. The largest absolute Gasteiger partial charge is 0.493 e. The minimum atomic E-state index is -0.362. The van der Waals surface area contributed by atoms with Gasteiger partial charge in [-0.3, -0.25) is 0 Å². The molecule has 29 heavy (non-hydrogen) atoms. The first-order valence-electron chi connectivity index (χ1n) is 9.09. The lowest BCUT2D eigenvalue weighted by Gasteiger charge is -2.11. The summed E-state index contributed by atoms with van der Waals surface area (Å²) < 4.78 is 30.1. The number of halogens is 1. The normalized spacial score (nSPS) is 10.7. The number of benzene rings is 3. The van der Waals surface area contributed by atoms with Crippen LogP contribution in [0.5, 0.6) is 11.5 Å². The average molecular weight is 390 g/mol. The van der Waals surface area contributed by atoms with Crippen molar-refractivity contribution in [2.45, 2.75) is 13.5 Å². The van der Waals surface area contributed by atoms with E-state index in [0.29, 0.717) is 35.1 Å². The van der Waals surface area contributed by atoms with E-state index in [9.17, 15) is 4.39 Å². The maximum Gasteiger partial charge on any atom is 0.258 e. The number of methoxy groups -OCH3 is 1. The molecule has 0 spiro atoms. The molecule has 0 atom stereocenters. The third kappa shape index (κ3) is 4.27. The van der Waals surface area contributed by atoms with Crippen LogP contribution in [0, 0.1) is 12.7 Å². The summed E-state index contributed by atoms with van der Waals surface area (Å²) in [5.41, 5.74) is 3.50. The lowest BCUT2D eigenvalue weighted by atomic mass is 10.1. The molecule has 4 rings (SSSR count). The summed E-state index contributed by atoms with van der Waals surface area (Å²) in [5, 5.41) is 3.99. The summed E-state index contributed by atoms with van der Waals surface area (Å²) in [5.74, 6) is 1.45. The van der Waals surface area contributed by atoms with Crippen LogP contribution in [0.2, 0.25) is 0 Å². The molecule has 1 heterocycles. The van der Waals surface area contributed by atoms with Crippen LogP contribution in [0.15, 0.2) is 71.3 Å². The molecule has 0 amide bonds. The second-order valence-corrected chi connectivity index (χ2v) is 6.57. The van der Waals surface area contributed by atoms with Crippen LogP contribution in [0.1, 0.15) is 11.1 Å². The number of aryl methyl sites for hydroxylation is 1. The SMILES string of the molecule is COc1cc(-c2noc(-c3cccc(F)c3)n2)ccc1OCc1ccc(C)cc1. The van der Waals surface area contributed by atoms with Crippen LogP contribution in [0.4, 0.5) is 4.39 Å². The van der Waals surface area contributed by atoms with Crippen molar-refractivity contribution >= 4 is 0 Å². The topological polar surface area (TPSA) is 57.4 Å². The predicted octanol–water partition coefficient (Wildman–Crippen LogP) is 5.44. The van der Waals surface area contributed by atoms with Crippen molar-refractivity contribution in [3.63, 3.8) is 0 Å². The fourth-order valence-electron chi connectivity index (χ4n) is 2.85. The van der Waals surface area contributed by atoms with Gasteiger partial charge in [0.1, 0.15) is 12.4 Å². The zero-order chi connectivity index (χ0) is 20.2. The highest BCUT2D eigenvalue weighted by molar-refractivity contribution is 5.63. The molecule has 0 saturated heterocycles. The van der Waals surface area contributed by atoms with Crippen LogP contribution in [0.25, 0.3) is 22.8 Å². The molecule has 5 nitrogen and oxygen atoms in total. The van der Waals surface area contributed by atoms with Gasteiger partial charge >= 0.3 is 0 Å². The summed E-state index contributed by atoms with van der Waals surface area (Å²) in [4.78, 5) is 4.36. The lowest BCUT2D eigenvalue weighted by molar-refractivity contribution is 0.284. The highest BCUT2D eigenvalue weighted by Gasteiger charge is 2.14. The lowest BCUT2D eigenvalue weighted by Crippen LogP contribution is -1.98. The molecule has 0 N–H and O–H groups in total. The van der Waals surface area contributed by atoms with Crippen LogP contribution in [0.3, 0.4) is 0 Å². The molecular weight excluding hydrogens is 371 g/mol. The number of hydrogen-bond donors (Lipinski definition) is 0. The minimum Gasteiger partial charge on any atom is -0.493 e. The van der Waals surface area contributed by atoms with Gasteiger partial charge in [-0.25, -0.2) is 4.39 Å². The number of hydrogen-bond acceptors (Lipinski definition) is 5. The molecule has 0 fully saturated rings. The van der Waals surface area contributed by atoms with Gasteiger partial charge in [-0.2, -0.15) is 4.98 Å². The zero-order valence-corrected chi connectivity index (χ0v) is 16.1. The standard InChI is InChI=1S/C23H19FN2O3/c1-15-6-8-16(9-7-15)14-28-20-11-10-17(13-21(20)27-2)22-25-23(29-26-22)18-4-3-5-19(24)12-18/h3-13H,14H2,1-2H3. The van der Waals surface area contributed by atoms with E-state index in [2.05, 4.69) is 10.1 Å². The Hall–Kier alpha value is -3.67. The molecule has 146 valence electrons. The van der Waals surface area contributed by atoms with Gasteiger partial charge in [0.15, 0.2) is 11.5 Å². The summed E-state index contributed by atoms with van der Waals surface area (Å²) in [6.45, 7) is 2.48. The highest BCUT2D eigenvalue weighted by Crippen LogP contribution is 2.33. The van der Waals surface area contributed by atoms with Crippen LogP contribution in [-0.2, 0) is 6.61 Å². The first-order valence-corrected chi connectivity index (χ1v) is 9.09. The molecule has 0 saturated carbocycles. The second-order valence-electron chi connectivity index (χ2n) is 6.57. The number of rotatable bonds is 6. The second kappa shape index (κ2) is 8.14. The quantitative estimate of drug-likeness (QED) is 0.439. The Bertz CT molecular complexity index is 1120. The molecule has 0 bridgehead atoms. The number of aromatic nitrogens is 2. The van der Waals surface area contributed by atoms with E-state index in [-0.39, 0.29) is 11.7 Å². The van der Waals surface area contributed by atoms with Gasteiger partial charge in [-0.1, -0.05) is 41.1 Å². The van der Waals surface area contributed by atoms with Crippen molar-refractivity contribution in [3.8, 4) is 34.3 Å². The van der Waals surface area contributed by atoms with E-state index in [1.54, 1.807) is 31.4 Å². The van der Waals surface area contributed by atoms with E-state index in [0.717, 1.165) is 5.56 Å². The predicted molar refractivity (Wildman–Crippen MR) is 107 cm³/mol. The van der Waals surface area contributed by atoms with Crippen molar-refractivity contribution < 1.29 is 18.4 Å². The third-order valence-corrected chi connectivity index (χ3v) is 4.43. The van der Waals surface area contributed by atoms with Gasteiger partial charge in [0.05, 0.1) is 7.11 Å². The van der Waals surface area contributed by atoms with E-state index < -0.39 is 0 Å². The maximum atomic E-state index is 13.4. The Morgan fingerprint density at radius 1 is 0.931 bits per heavy atom. The van der Waals surface area contributed by atoms with Gasteiger partial charge in [0.25, 0.3) is 5.89 Å². The van der Waals surface area contributed by atoms with E-state index >= 15 is 0 Å². The van der Waals surface area contributed by atoms with Crippen LogP contribution >= 0.6 is 0 Å². The maximum absolute atomic E-state index is 13.4. The van der Waals surface area contributed by atoms with E-state index in [4.69, 9.17) is 14.0 Å². The number of ether oxygens (including phenoxy) is 2. The molecule has 0 aliphatic carbocycles. The summed E-state index contributed by atoms with van der Waals surface area (Å²) in [6.07, 6.45) is 0. The number of nitrogens with zero attached hydrogens (tertiary/aromatic N) is 2. The molecule has 0 radical (unpaired) electrons. The first kappa shape index (κ1) is 18.7. The fourth-order valence-corrected chi connectivity index (χ4v) is 2.85. The van der Waals surface area contributed by atoms with Gasteiger partial charge in [0.2, 0.25) is 5.82 Å². The molecule has 0 aliphatic rings. The summed E-state index contributed by atoms with van der Waals surface area (Å²) >= 11 is 0. The van der Waals surface area contributed by atoms with E-state index in [1.807, 2.05) is 37.3 Å². The molecule has 0 aliphatic heterocycles. The van der Waals surface area contributed by atoms with Crippen molar-refractivity contribution in [2.24, 2.45) is 0 Å². The third-order valence-electron chi connectivity index (χ3n) is 4.43. The Morgan fingerprint density at radius 3 is 2.52 bits per heavy atom. The van der Waals surface area contributed by atoms with Gasteiger partial charge in [-0.05, 0) is 48.9 Å². The Morgan fingerprint density at radius 2 is 1.76 bits per heavy atom. The van der Waals surface area contributed by atoms with E-state index in [1.165, 1.54) is 17.7 Å². The van der Waals surface area contributed by atoms with Crippen LogP contribution in [-0.4, -0.2) is 17.3 Å². The molecule has 3 aromatic carbocycles. The van der Waals surface area contributed by atoms with Gasteiger partial charge in [0, 0.05) is 11.1 Å². The molecular formula is C23H19FN2O3. The van der Waals surface area contributed by atoms with Gasteiger partial charge < -0.3 is 14.0 Å². The highest BCUT2D eigenvalue weighted by atomic mass is 19.1.